The number of hydrogen-bond donors (Lipinski definition) is 1. The number of benzene rings is 1. The minimum absolute atomic E-state index is 0.672. The molecule has 3 heterocycles. The van der Waals surface area contributed by atoms with Gasteiger partial charge in [0.25, 0.3) is 0 Å². The summed E-state index contributed by atoms with van der Waals surface area (Å²) in [6.45, 7) is 0. The van der Waals surface area contributed by atoms with E-state index in [1.165, 1.54) is 48.1 Å². The Labute approximate surface area is 165 Å². The Morgan fingerprint density at radius 3 is 2.59 bits per heavy atom. The van der Waals surface area contributed by atoms with Crippen LogP contribution in [0.25, 0.3) is 21.1 Å². The van der Waals surface area contributed by atoms with Crippen molar-refractivity contribution in [2.75, 3.05) is 5.32 Å². The van der Waals surface area contributed by atoms with Crippen molar-refractivity contribution >= 4 is 33.6 Å². The summed E-state index contributed by atoms with van der Waals surface area (Å²) in [7, 11) is 0. The summed E-state index contributed by atoms with van der Waals surface area (Å²) >= 11 is 3.17. The smallest absolute Gasteiger partial charge is 0.211 e. The van der Waals surface area contributed by atoms with Crippen molar-refractivity contribution in [1.82, 2.24) is 20.4 Å². The minimum atomic E-state index is 0.672. The summed E-state index contributed by atoms with van der Waals surface area (Å²) in [5, 5.41) is 24.0. The van der Waals surface area contributed by atoms with Crippen LogP contribution in [-0.4, -0.2) is 20.4 Å². The third kappa shape index (κ3) is 3.48. The fraction of sp³-hybridized carbons (Fsp3) is 0.200. The zero-order valence-corrected chi connectivity index (χ0v) is 16.2. The topological polar surface area (TPSA) is 63.6 Å². The van der Waals surface area contributed by atoms with Crippen LogP contribution in [0.4, 0.5) is 10.9 Å². The molecule has 134 valence electrons. The Morgan fingerprint density at radius 2 is 1.78 bits per heavy atom. The molecular weight excluding hydrogens is 374 g/mol. The number of aryl methyl sites for hydroxylation is 2. The lowest BCUT2D eigenvalue weighted by atomic mass is 9.90. The summed E-state index contributed by atoms with van der Waals surface area (Å²) in [4.78, 5) is 1.12. The molecule has 5 rings (SSSR count). The maximum Gasteiger partial charge on any atom is 0.211 e. The van der Waals surface area contributed by atoms with Gasteiger partial charge in [0.05, 0.1) is 10.6 Å². The minimum Gasteiger partial charge on any atom is -0.313 e. The molecule has 5 nitrogen and oxygen atoms in total. The van der Waals surface area contributed by atoms with Crippen LogP contribution in [0, 0.1) is 0 Å². The number of fused-ring (bicyclic) bond motifs is 1. The molecule has 0 spiro atoms. The van der Waals surface area contributed by atoms with Gasteiger partial charge in [-0.1, -0.05) is 29.5 Å². The van der Waals surface area contributed by atoms with E-state index in [4.69, 9.17) is 0 Å². The Kier molecular flexibility index (Phi) is 4.39. The van der Waals surface area contributed by atoms with Gasteiger partial charge >= 0.3 is 0 Å². The first kappa shape index (κ1) is 16.5. The molecule has 0 aliphatic heterocycles. The average Bonchev–Trinajstić information content (AvgIpc) is 3.40. The van der Waals surface area contributed by atoms with Crippen LogP contribution >= 0.6 is 22.7 Å². The second kappa shape index (κ2) is 7.17. The highest BCUT2D eigenvalue weighted by Gasteiger charge is 2.12. The van der Waals surface area contributed by atoms with E-state index in [1.54, 1.807) is 11.3 Å². The van der Waals surface area contributed by atoms with Gasteiger partial charge in [-0.15, -0.1) is 31.7 Å². The van der Waals surface area contributed by atoms with Gasteiger partial charge in [-0.05, 0) is 66.5 Å². The van der Waals surface area contributed by atoms with Crippen molar-refractivity contribution in [3.05, 3.63) is 59.0 Å². The van der Waals surface area contributed by atoms with Gasteiger partial charge in [-0.2, -0.15) is 0 Å². The average molecular weight is 392 g/mol. The Morgan fingerprint density at radius 1 is 0.852 bits per heavy atom. The first-order valence-electron chi connectivity index (χ1n) is 8.95. The molecule has 3 aromatic heterocycles. The van der Waals surface area contributed by atoms with Crippen molar-refractivity contribution < 1.29 is 0 Å². The standard InChI is InChI=1S/C20H17N5S2/c1-2-5-14-12-15(8-7-13(14)4-1)16-9-10-18(23-22-16)21-20-25-24-19(27-20)17-6-3-11-26-17/h3,6-12H,1-2,4-5H2,(H,21,23,25). The predicted octanol–water partition coefficient (Wildman–Crippen LogP) is 5.35. The molecule has 1 N–H and O–H groups in total. The maximum absolute atomic E-state index is 4.40. The number of hydrogen-bond acceptors (Lipinski definition) is 7. The van der Waals surface area contributed by atoms with E-state index in [-0.39, 0.29) is 0 Å². The van der Waals surface area contributed by atoms with Crippen LogP contribution < -0.4 is 5.32 Å². The van der Waals surface area contributed by atoms with Gasteiger partial charge in [0.1, 0.15) is 0 Å². The zero-order valence-electron chi connectivity index (χ0n) is 14.6. The molecule has 1 aromatic carbocycles. The second-order valence-corrected chi connectivity index (χ2v) is 8.43. The molecule has 0 amide bonds. The number of aromatic nitrogens is 4. The maximum atomic E-state index is 4.40. The predicted molar refractivity (Wildman–Crippen MR) is 111 cm³/mol. The zero-order chi connectivity index (χ0) is 18.1. The summed E-state index contributed by atoms with van der Waals surface area (Å²) in [6, 6.07) is 14.7. The summed E-state index contributed by atoms with van der Waals surface area (Å²) in [5.74, 6) is 0.672. The molecular formula is C20H17N5S2. The lowest BCUT2D eigenvalue weighted by Crippen LogP contribution is -2.02. The number of nitrogens with zero attached hydrogens (tertiary/aromatic N) is 4. The molecule has 0 radical (unpaired) electrons. The number of rotatable bonds is 4. The molecule has 0 saturated heterocycles. The van der Waals surface area contributed by atoms with Crippen LogP contribution in [0.15, 0.2) is 47.8 Å². The van der Waals surface area contributed by atoms with E-state index >= 15 is 0 Å². The molecule has 27 heavy (non-hydrogen) atoms. The van der Waals surface area contributed by atoms with E-state index in [0.717, 1.165) is 21.1 Å². The molecule has 4 aromatic rings. The highest BCUT2D eigenvalue weighted by Crippen LogP contribution is 2.31. The normalized spacial score (nSPS) is 13.3. The number of thiophene rings is 1. The lowest BCUT2D eigenvalue weighted by molar-refractivity contribution is 0.686. The van der Waals surface area contributed by atoms with E-state index in [0.29, 0.717) is 10.9 Å². The monoisotopic (exact) mass is 391 g/mol. The van der Waals surface area contributed by atoms with E-state index in [9.17, 15) is 0 Å². The molecule has 0 atom stereocenters. The summed E-state index contributed by atoms with van der Waals surface area (Å²) in [5.41, 5.74) is 4.96. The van der Waals surface area contributed by atoms with Crippen LogP contribution in [-0.2, 0) is 12.8 Å². The fourth-order valence-electron chi connectivity index (χ4n) is 3.33. The van der Waals surface area contributed by atoms with Gasteiger partial charge in [0.15, 0.2) is 10.8 Å². The third-order valence-electron chi connectivity index (χ3n) is 4.70. The molecule has 7 heteroatoms. The van der Waals surface area contributed by atoms with Crippen LogP contribution in [0.3, 0.4) is 0 Å². The Hall–Kier alpha value is -2.64. The van der Waals surface area contributed by atoms with Crippen molar-refractivity contribution in [2.45, 2.75) is 25.7 Å². The van der Waals surface area contributed by atoms with Gasteiger partial charge in [-0.25, -0.2) is 0 Å². The largest absolute Gasteiger partial charge is 0.313 e. The molecule has 0 bridgehead atoms. The SMILES string of the molecule is c1csc(-c2nnc(Nc3ccc(-c4ccc5c(c4)CCCC5)nn3)s2)c1. The molecule has 0 unspecified atom stereocenters. The van der Waals surface area contributed by atoms with Gasteiger partial charge in [0, 0.05) is 5.56 Å². The summed E-state index contributed by atoms with van der Waals surface area (Å²) < 4.78 is 0. The first-order valence-corrected chi connectivity index (χ1v) is 10.6. The Bertz CT molecular complexity index is 1050. The summed E-state index contributed by atoms with van der Waals surface area (Å²) in [6.07, 6.45) is 4.94. The molecule has 1 aliphatic rings. The van der Waals surface area contributed by atoms with Crippen LogP contribution in [0.2, 0.25) is 0 Å². The lowest BCUT2D eigenvalue weighted by Gasteiger charge is -2.16. The highest BCUT2D eigenvalue weighted by atomic mass is 32.1. The molecule has 0 fully saturated rings. The third-order valence-corrected chi connectivity index (χ3v) is 6.58. The van der Waals surface area contributed by atoms with Crippen molar-refractivity contribution in [1.29, 1.82) is 0 Å². The molecule has 1 aliphatic carbocycles. The number of anilines is 2. The van der Waals surface area contributed by atoms with Gasteiger partial charge in [-0.3, -0.25) is 0 Å². The van der Waals surface area contributed by atoms with Crippen molar-refractivity contribution in [2.24, 2.45) is 0 Å². The highest BCUT2D eigenvalue weighted by molar-refractivity contribution is 7.22. The van der Waals surface area contributed by atoms with Crippen LogP contribution in [0.5, 0.6) is 0 Å². The van der Waals surface area contributed by atoms with Crippen molar-refractivity contribution in [3.63, 3.8) is 0 Å². The van der Waals surface area contributed by atoms with Gasteiger partial charge < -0.3 is 5.32 Å². The number of nitrogens with one attached hydrogen (secondary N) is 1. The molecule has 0 saturated carbocycles. The first-order chi connectivity index (χ1) is 13.3. The van der Waals surface area contributed by atoms with E-state index in [1.807, 2.05) is 29.6 Å². The van der Waals surface area contributed by atoms with Gasteiger partial charge in [0.2, 0.25) is 5.13 Å². The quantitative estimate of drug-likeness (QED) is 0.508. The van der Waals surface area contributed by atoms with E-state index in [2.05, 4.69) is 43.9 Å². The van der Waals surface area contributed by atoms with Crippen LogP contribution in [0.1, 0.15) is 24.0 Å². The van der Waals surface area contributed by atoms with Crippen molar-refractivity contribution in [3.8, 4) is 21.1 Å². The Balaban J connectivity index is 1.33. The fourth-order valence-corrected chi connectivity index (χ4v) is 4.87. The van der Waals surface area contributed by atoms with E-state index < -0.39 is 0 Å². The second-order valence-electron chi connectivity index (χ2n) is 6.51.